The van der Waals surface area contributed by atoms with Crippen molar-refractivity contribution in [1.82, 2.24) is 15.5 Å². The topological polar surface area (TPSA) is 70.7 Å². The van der Waals surface area contributed by atoms with E-state index < -0.39 is 12.1 Å². The number of halogens is 1. The van der Waals surface area contributed by atoms with Crippen LogP contribution in [-0.2, 0) is 29.1 Å². The predicted octanol–water partition coefficient (Wildman–Crippen LogP) is 4.44. The Morgan fingerprint density at radius 2 is 1.47 bits per heavy atom. The molecule has 3 aromatic rings. The van der Waals surface area contributed by atoms with Gasteiger partial charge in [-0.05, 0) is 41.7 Å². The first-order valence-corrected chi connectivity index (χ1v) is 12.3. The highest BCUT2D eigenvalue weighted by Gasteiger charge is 2.26. The van der Waals surface area contributed by atoms with Gasteiger partial charge in [-0.15, -0.1) is 0 Å². The number of likely N-dealkylation sites (tertiary alicyclic amines) is 1. The quantitative estimate of drug-likeness (QED) is 0.466. The number of ether oxygens (including phenoxy) is 1. The molecule has 0 spiro atoms. The molecule has 6 nitrogen and oxygen atoms in total. The molecule has 4 rings (SSSR count). The summed E-state index contributed by atoms with van der Waals surface area (Å²) in [6, 6.07) is 24.9. The van der Waals surface area contributed by atoms with Gasteiger partial charge < -0.3 is 15.4 Å². The molecule has 0 aliphatic carbocycles. The lowest BCUT2D eigenvalue weighted by Gasteiger charge is -2.33. The van der Waals surface area contributed by atoms with Crippen LogP contribution in [0, 0.1) is 5.82 Å². The second-order valence-corrected chi connectivity index (χ2v) is 9.13. The highest BCUT2D eigenvalue weighted by Crippen LogP contribution is 2.15. The van der Waals surface area contributed by atoms with Crippen molar-refractivity contribution in [2.75, 3.05) is 13.1 Å². The van der Waals surface area contributed by atoms with E-state index in [1.54, 1.807) is 12.1 Å². The van der Waals surface area contributed by atoms with Crippen molar-refractivity contribution in [2.24, 2.45) is 0 Å². The Labute approximate surface area is 211 Å². The van der Waals surface area contributed by atoms with Crippen molar-refractivity contribution in [3.05, 3.63) is 107 Å². The number of piperidine rings is 1. The van der Waals surface area contributed by atoms with Crippen LogP contribution in [0.15, 0.2) is 84.9 Å². The number of benzene rings is 3. The lowest BCUT2D eigenvalue weighted by molar-refractivity contribution is -0.124. The summed E-state index contributed by atoms with van der Waals surface area (Å²) < 4.78 is 18.5. The highest BCUT2D eigenvalue weighted by molar-refractivity contribution is 5.86. The van der Waals surface area contributed by atoms with Gasteiger partial charge in [-0.25, -0.2) is 9.18 Å². The maximum atomic E-state index is 13.2. The molecule has 1 atom stereocenters. The molecule has 1 aliphatic rings. The number of carbonyl (C=O) groups excluding carboxylic acids is 2. The molecule has 0 bridgehead atoms. The van der Waals surface area contributed by atoms with E-state index in [2.05, 4.69) is 15.5 Å². The average Bonchev–Trinajstić information content (AvgIpc) is 2.91. The molecule has 2 N–H and O–H groups in total. The van der Waals surface area contributed by atoms with E-state index in [1.165, 1.54) is 12.1 Å². The molecule has 188 valence electrons. The van der Waals surface area contributed by atoms with Crippen LogP contribution < -0.4 is 10.6 Å². The molecule has 1 heterocycles. The number of rotatable bonds is 9. The van der Waals surface area contributed by atoms with Crippen LogP contribution in [0.2, 0.25) is 0 Å². The average molecular weight is 490 g/mol. The van der Waals surface area contributed by atoms with Crippen molar-refractivity contribution in [3.63, 3.8) is 0 Å². The molecule has 1 aliphatic heterocycles. The monoisotopic (exact) mass is 489 g/mol. The third kappa shape index (κ3) is 7.92. The molecule has 1 saturated heterocycles. The summed E-state index contributed by atoms with van der Waals surface area (Å²) >= 11 is 0. The molecule has 0 aromatic heterocycles. The fourth-order valence-electron chi connectivity index (χ4n) is 4.35. The van der Waals surface area contributed by atoms with E-state index in [-0.39, 0.29) is 24.4 Å². The first-order chi connectivity index (χ1) is 17.5. The zero-order valence-corrected chi connectivity index (χ0v) is 20.2. The van der Waals surface area contributed by atoms with Gasteiger partial charge in [0.05, 0.1) is 0 Å². The Bertz CT molecular complexity index is 1100. The van der Waals surface area contributed by atoms with Crippen molar-refractivity contribution in [3.8, 4) is 0 Å². The van der Waals surface area contributed by atoms with E-state index in [9.17, 15) is 14.0 Å². The Morgan fingerprint density at radius 1 is 0.861 bits per heavy atom. The van der Waals surface area contributed by atoms with Crippen molar-refractivity contribution in [2.45, 2.75) is 44.5 Å². The summed E-state index contributed by atoms with van der Waals surface area (Å²) in [4.78, 5) is 28.0. The molecule has 2 amide bonds. The SMILES string of the molecule is O=C(NC(Cc1ccccc1)C(=O)NC1CCN(Cc2ccc(F)cc2)CC1)OCc1ccccc1. The van der Waals surface area contributed by atoms with Gasteiger partial charge >= 0.3 is 6.09 Å². The molecule has 3 aromatic carbocycles. The van der Waals surface area contributed by atoms with Crippen LogP contribution in [0.3, 0.4) is 0 Å². The van der Waals surface area contributed by atoms with Gasteiger partial charge in [0, 0.05) is 32.1 Å². The number of amides is 2. The molecule has 1 fully saturated rings. The number of nitrogens with zero attached hydrogens (tertiary/aromatic N) is 1. The van der Waals surface area contributed by atoms with Crippen LogP contribution >= 0.6 is 0 Å². The number of nitrogens with one attached hydrogen (secondary N) is 2. The maximum Gasteiger partial charge on any atom is 0.408 e. The Balaban J connectivity index is 1.30. The van der Waals surface area contributed by atoms with Gasteiger partial charge in [-0.3, -0.25) is 9.69 Å². The molecule has 1 unspecified atom stereocenters. The zero-order chi connectivity index (χ0) is 25.2. The fraction of sp³-hybridized carbons (Fsp3) is 0.310. The molecule has 7 heteroatoms. The minimum atomic E-state index is -0.743. The fourth-order valence-corrected chi connectivity index (χ4v) is 4.35. The number of carbonyl (C=O) groups is 2. The molecule has 0 saturated carbocycles. The van der Waals surface area contributed by atoms with Crippen LogP contribution in [0.25, 0.3) is 0 Å². The van der Waals surface area contributed by atoms with Gasteiger partial charge in [0.15, 0.2) is 0 Å². The second kappa shape index (κ2) is 12.8. The van der Waals surface area contributed by atoms with Gasteiger partial charge in [-0.2, -0.15) is 0 Å². The minimum Gasteiger partial charge on any atom is -0.445 e. The zero-order valence-electron chi connectivity index (χ0n) is 20.2. The smallest absolute Gasteiger partial charge is 0.408 e. The Kier molecular flexibility index (Phi) is 9.05. The maximum absolute atomic E-state index is 13.2. The van der Waals surface area contributed by atoms with Gasteiger partial charge in [0.25, 0.3) is 0 Å². The van der Waals surface area contributed by atoms with Crippen LogP contribution in [0.4, 0.5) is 9.18 Å². The number of hydrogen-bond donors (Lipinski definition) is 2. The van der Waals surface area contributed by atoms with Gasteiger partial charge in [0.1, 0.15) is 18.5 Å². The van der Waals surface area contributed by atoms with E-state index in [4.69, 9.17) is 4.74 Å². The molecular weight excluding hydrogens is 457 g/mol. The number of hydrogen-bond acceptors (Lipinski definition) is 4. The summed E-state index contributed by atoms with van der Waals surface area (Å²) in [5.74, 6) is -0.449. The van der Waals surface area contributed by atoms with Gasteiger partial charge in [0.2, 0.25) is 5.91 Å². The Morgan fingerprint density at radius 3 is 2.11 bits per heavy atom. The van der Waals surface area contributed by atoms with Crippen molar-refractivity contribution >= 4 is 12.0 Å². The highest BCUT2D eigenvalue weighted by atomic mass is 19.1. The summed E-state index contributed by atoms with van der Waals surface area (Å²) in [7, 11) is 0. The first-order valence-electron chi connectivity index (χ1n) is 12.3. The first kappa shape index (κ1) is 25.4. The van der Waals surface area contributed by atoms with E-state index in [0.717, 1.165) is 49.2 Å². The molecule has 0 radical (unpaired) electrons. The van der Waals surface area contributed by atoms with E-state index in [1.807, 2.05) is 60.7 Å². The van der Waals surface area contributed by atoms with E-state index >= 15 is 0 Å². The van der Waals surface area contributed by atoms with Crippen molar-refractivity contribution in [1.29, 1.82) is 0 Å². The largest absolute Gasteiger partial charge is 0.445 e. The Hall–Kier alpha value is -3.71. The van der Waals surface area contributed by atoms with Crippen molar-refractivity contribution < 1.29 is 18.7 Å². The van der Waals surface area contributed by atoms with E-state index in [0.29, 0.717) is 6.42 Å². The standard InChI is InChI=1S/C29H32FN3O3/c30-25-13-11-23(12-14-25)20-33-17-15-26(16-18-33)31-28(34)27(19-22-7-3-1-4-8-22)32-29(35)36-21-24-9-5-2-6-10-24/h1-14,26-27H,15-21H2,(H,31,34)(H,32,35). The third-order valence-electron chi connectivity index (χ3n) is 6.36. The lowest BCUT2D eigenvalue weighted by Crippen LogP contribution is -2.52. The lowest BCUT2D eigenvalue weighted by atomic mass is 10.0. The summed E-state index contributed by atoms with van der Waals surface area (Å²) in [5.41, 5.74) is 2.90. The summed E-state index contributed by atoms with van der Waals surface area (Å²) in [5, 5.41) is 5.88. The normalized spacial score (nSPS) is 15.1. The summed E-state index contributed by atoms with van der Waals surface area (Å²) in [6.45, 7) is 2.56. The minimum absolute atomic E-state index is 0.0300. The summed E-state index contributed by atoms with van der Waals surface area (Å²) in [6.07, 6.45) is 1.37. The van der Waals surface area contributed by atoms with Crippen LogP contribution in [0.1, 0.15) is 29.5 Å². The van der Waals surface area contributed by atoms with Gasteiger partial charge in [-0.1, -0.05) is 72.8 Å². The molecular formula is C29H32FN3O3. The predicted molar refractivity (Wildman–Crippen MR) is 137 cm³/mol. The van der Waals surface area contributed by atoms with Crippen LogP contribution in [-0.4, -0.2) is 42.1 Å². The van der Waals surface area contributed by atoms with Crippen LogP contribution in [0.5, 0.6) is 0 Å². The second-order valence-electron chi connectivity index (χ2n) is 9.13. The third-order valence-corrected chi connectivity index (χ3v) is 6.36. The number of alkyl carbamates (subject to hydrolysis) is 1. The molecule has 36 heavy (non-hydrogen) atoms.